The molecule has 0 radical (unpaired) electrons. The number of likely N-dealkylation sites (tertiary alicyclic amines) is 1. The summed E-state index contributed by atoms with van der Waals surface area (Å²) in [5.41, 5.74) is -0.219. The molecule has 2 N–H and O–H groups in total. The van der Waals surface area contributed by atoms with Crippen molar-refractivity contribution in [3.8, 4) is 0 Å². The van der Waals surface area contributed by atoms with Crippen LogP contribution < -0.4 is 10.6 Å². The lowest BCUT2D eigenvalue weighted by Gasteiger charge is -2.35. The zero-order valence-electron chi connectivity index (χ0n) is 14.3. The number of carbonyl (C=O) groups is 2. The number of amides is 3. The molecule has 0 aromatic carbocycles. The van der Waals surface area contributed by atoms with Crippen molar-refractivity contribution in [2.75, 3.05) is 13.1 Å². The lowest BCUT2D eigenvalue weighted by molar-refractivity contribution is -0.127. The van der Waals surface area contributed by atoms with Crippen LogP contribution in [-0.2, 0) is 4.79 Å². The predicted octanol–water partition coefficient (Wildman–Crippen LogP) is 2.66. The third kappa shape index (κ3) is 5.18. The molecule has 2 aliphatic rings. The van der Waals surface area contributed by atoms with Crippen molar-refractivity contribution in [2.24, 2.45) is 5.92 Å². The van der Waals surface area contributed by atoms with E-state index in [1.165, 1.54) is 19.3 Å². The van der Waals surface area contributed by atoms with Gasteiger partial charge in [-0.2, -0.15) is 0 Å². The van der Waals surface area contributed by atoms with E-state index in [4.69, 9.17) is 0 Å². The first-order valence-corrected chi connectivity index (χ1v) is 8.72. The van der Waals surface area contributed by atoms with Gasteiger partial charge in [-0.15, -0.1) is 0 Å². The Balaban J connectivity index is 1.84. The lowest BCUT2D eigenvalue weighted by Crippen LogP contribution is -2.53. The average molecular weight is 309 g/mol. The van der Waals surface area contributed by atoms with Crippen LogP contribution in [0.15, 0.2) is 0 Å². The molecule has 0 spiro atoms. The second-order valence-corrected chi connectivity index (χ2v) is 7.81. The summed E-state index contributed by atoms with van der Waals surface area (Å²) in [6, 6.07) is 0.338. The molecule has 1 saturated carbocycles. The normalized spacial score (nSPS) is 24.0. The van der Waals surface area contributed by atoms with E-state index in [0.717, 1.165) is 32.2 Å². The molecule has 1 atom stereocenters. The summed E-state index contributed by atoms with van der Waals surface area (Å²) in [5.74, 6) is -0.00672. The fourth-order valence-corrected chi connectivity index (χ4v) is 3.36. The van der Waals surface area contributed by atoms with Crippen LogP contribution >= 0.6 is 0 Å². The second kappa shape index (κ2) is 7.34. The van der Waals surface area contributed by atoms with Crippen LogP contribution in [0.5, 0.6) is 0 Å². The molecule has 2 rings (SSSR count). The number of carbonyl (C=O) groups excluding carboxylic acids is 2. The number of hydrogen-bond acceptors (Lipinski definition) is 2. The molecule has 22 heavy (non-hydrogen) atoms. The molecular formula is C17H31N3O2. The number of piperidine rings is 1. The van der Waals surface area contributed by atoms with Gasteiger partial charge >= 0.3 is 6.03 Å². The van der Waals surface area contributed by atoms with Gasteiger partial charge < -0.3 is 15.5 Å². The maximum absolute atomic E-state index is 12.4. The van der Waals surface area contributed by atoms with Crippen LogP contribution in [0.1, 0.15) is 65.7 Å². The zero-order valence-corrected chi connectivity index (χ0v) is 14.3. The molecule has 0 aromatic heterocycles. The molecule has 5 nitrogen and oxygen atoms in total. The Hall–Kier alpha value is -1.26. The Morgan fingerprint density at radius 3 is 2.32 bits per heavy atom. The first kappa shape index (κ1) is 17.1. The van der Waals surface area contributed by atoms with Crippen LogP contribution in [0.4, 0.5) is 4.79 Å². The van der Waals surface area contributed by atoms with Gasteiger partial charge in [0.2, 0.25) is 5.91 Å². The van der Waals surface area contributed by atoms with Crippen molar-refractivity contribution in [1.29, 1.82) is 0 Å². The number of hydrogen-bond donors (Lipinski definition) is 2. The predicted molar refractivity (Wildman–Crippen MR) is 87.6 cm³/mol. The van der Waals surface area contributed by atoms with Gasteiger partial charge in [0.1, 0.15) is 0 Å². The summed E-state index contributed by atoms with van der Waals surface area (Å²) in [4.78, 5) is 26.5. The van der Waals surface area contributed by atoms with E-state index in [-0.39, 0.29) is 23.4 Å². The highest BCUT2D eigenvalue weighted by atomic mass is 16.2. The molecule has 0 unspecified atom stereocenters. The largest absolute Gasteiger partial charge is 0.351 e. The summed E-state index contributed by atoms with van der Waals surface area (Å²) < 4.78 is 0. The van der Waals surface area contributed by atoms with Gasteiger partial charge in [0.15, 0.2) is 0 Å². The van der Waals surface area contributed by atoms with Crippen molar-refractivity contribution in [3.05, 3.63) is 0 Å². The minimum Gasteiger partial charge on any atom is -0.351 e. The Morgan fingerprint density at radius 1 is 1.00 bits per heavy atom. The minimum atomic E-state index is -0.219. The zero-order chi connectivity index (χ0) is 16.2. The summed E-state index contributed by atoms with van der Waals surface area (Å²) in [5, 5.41) is 6.18. The van der Waals surface area contributed by atoms with Gasteiger partial charge in [0, 0.05) is 24.7 Å². The highest BCUT2D eigenvalue weighted by molar-refractivity contribution is 5.81. The summed E-state index contributed by atoms with van der Waals surface area (Å²) in [6.07, 6.45) is 7.66. The Labute approximate surface area is 134 Å². The van der Waals surface area contributed by atoms with Crippen molar-refractivity contribution in [3.63, 3.8) is 0 Å². The van der Waals surface area contributed by atoms with Gasteiger partial charge in [-0.1, -0.05) is 19.3 Å². The van der Waals surface area contributed by atoms with Crippen LogP contribution in [-0.4, -0.2) is 41.5 Å². The molecule has 126 valence electrons. The topological polar surface area (TPSA) is 61.4 Å². The smallest absolute Gasteiger partial charge is 0.317 e. The molecular weight excluding hydrogens is 278 g/mol. The first-order chi connectivity index (χ1) is 10.3. The molecule has 5 heteroatoms. The van der Waals surface area contributed by atoms with Crippen molar-refractivity contribution >= 4 is 11.9 Å². The number of rotatable bonds is 2. The molecule has 1 aliphatic carbocycles. The quantitative estimate of drug-likeness (QED) is 0.824. The number of nitrogens with one attached hydrogen (secondary N) is 2. The second-order valence-electron chi connectivity index (χ2n) is 7.81. The van der Waals surface area contributed by atoms with E-state index in [9.17, 15) is 9.59 Å². The fraction of sp³-hybridized carbons (Fsp3) is 0.882. The summed E-state index contributed by atoms with van der Waals surface area (Å²) >= 11 is 0. The molecule has 0 bridgehead atoms. The van der Waals surface area contributed by atoms with Crippen LogP contribution in [0.3, 0.4) is 0 Å². The number of urea groups is 1. The van der Waals surface area contributed by atoms with E-state index >= 15 is 0 Å². The maximum Gasteiger partial charge on any atom is 0.317 e. The third-order valence-electron chi connectivity index (χ3n) is 4.51. The van der Waals surface area contributed by atoms with Crippen LogP contribution in [0.2, 0.25) is 0 Å². The summed E-state index contributed by atoms with van der Waals surface area (Å²) in [6.45, 7) is 7.27. The molecule has 3 amide bonds. The van der Waals surface area contributed by atoms with Gasteiger partial charge in [-0.05, 0) is 46.5 Å². The van der Waals surface area contributed by atoms with E-state index in [1.54, 1.807) is 0 Å². The standard InChI is InChI=1S/C17H31N3O2/c1-17(2,3)19-15(21)13-8-7-11-20(12-13)16(22)18-14-9-5-4-6-10-14/h13-14H,4-12H2,1-3H3,(H,18,22)(H,19,21)/t13-/m0/s1. The highest BCUT2D eigenvalue weighted by Gasteiger charge is 2.30. The van der Waals surface area contributed by atoms with Crippen molar-refractivity contribution < 1.29 is 9.59 Å². The monoisotopic (exact) mass is 309 g/mol. The molecule has 2 fully saturated rings. The van der Waals surface area contributed by atoms with Crippen LogP contribution in [0, 0.1) is 5.92 Å². The fourth-order valence-electron chi connectivity index (χ4n) is 3.36. The van der Waals surface area contributed by atoms with Gasteiger partial charge in [-0.25, -0.2) is 4.79 Å². The van der Waals surface area contributed by atoms with Gasteiger partial charge in [-0.3, -0.25) is 4.79 Å². The molecule has 1 saturated heterocycles. The lowest BCUT2D eigenvalue weighted by atomic mass is 9.95. The number of nitrogens with zero attached hydrogens (tertiary/aromatic N) is 1. The molecule has 0 aromatic rings. The Morgan fingerprint density at radius 2 is 1.68 bits per heavy atom. The van der Waals surface area contributed by atoms with Crippen molar-refractivity contribution in [2.45, 2.75) is 77.3 Å². The minimum absolute atomic E-state index is 0.0140. The summed E-state index contributed by atoms with van der Waals surface area (Å²) in [7, 11) is 0. The van der Waals surface area contributed by atoms with E-state index < -0.39 is 0 Å². The first-order valence-electron chi connectivity index (χ1n) is 8.72. The van der Waals surface area contributed by atoms with E-state index in [1.807, 2.05) is 25.7 Å². The Bertz CT molecular complexity index is 397. The van der Waals surface area contributed by atoms with E-state index in [0.29, 0.717) is 12.6 Å². The van der Waals surface area contributed by atoms with Gasteiger partial charge in [0.25, 0.3) is 0 Å². The van der Waals surface area contributed by atoms with E-state index in [2.05, 4.69) is 10.6 Å². The van der Waals surface area contributed by atoms with Gasteiger partial charge in [0.05, 0.1) is 5.92 Å². The molecule has 1 aliphatic heterocycles. The highest BCUT2D eigenvalue weighted by Crippen LogP contribution is 2.20. The average Bonchev–Trinajstić information content (AvgIpc) is 2.46. The SMILES string of the molecule is CC(C)(C)NC(=O)[C@H]1CCCN(C(=O)NC2CCCCC2)C1. The van der Waals surface area contributed by atoms with Crippen LogP contribution in [0.25, 0.3) is 0 Å². The molecule has 1 heterocycles. The Kier molecular flexibility index (Phi) is 5.70. The maximum atomic E-state index is 12.4. The van der Waals surface area contributed by atoms with Crippen molar-refractivity contribution in [1.82, 2.24) is 15.5 Å². The third-order valence-corrected chi connectivity index (χ3v) is 4.51.